The van der Waals surface area contributed by atoms with E-state index >= 15 is 0 Å². The van der Waals surface area contributed by atoms with Crippen LogP contribution in [-0.2, 0) is 4.74 Å². The number of H-pyrrole nitrogens is 1. The molecule has 3 aliphatic rings. The fourth-order valence-corrected chi connectivity index (χ4v) is 4.23. The monoisotopic (exact) mass is 429 g/mol. The Morgan fingerprint density at radius 1 is 1.10 bits per heavy atom. The number of nitrogens with one attached hydrogen (secondary N) is 1. The predicted octanol–water partition coefficient (Wildman–Crippen LogP) is 1.66. The highest BCUT2D eigenvalue weighted by Crippen LogP contribution is 2.29. The molecule has 1 aromatic heterocycles. The van der Waals surface area contributed by atoms with E-state index in [1.807, 2.05) is 17.9 Å². The molecule has 0 saturated carbocycles. The number of nitrogens with two attached hydrogens (primary N) is 1. The van der Waals surface area contributed by atoms with Gasteiger partial charge in [-0.2, -0.15) is 4.98 Å². The Bertz CT molecular complexity index is 1000. The lowest BCUT2D eigenvalue weighted by Crippen LogP contribution is -2.58. The van der Waals surface area contributed by atoms with Crippen LogP contribution in [0.5, 0.6) is 0 Å². The number of hydrogen-bond acceptors (Lipinski definition) is 7. The average molecular weight is 429 g/mol. The van der Waals surface area contributed by atoms with E-state index in [4.69, 9.17) is 10.5 Å². The van der Waals surface area contributed by atoms with Crippen molar-refractivity contribution in [1.82, 2.24) is 25.0 Å². The summed E-state index contributed by atoms with van der Waals surface area (Å²) in [7, 11) is 0. The maximum atomic E-state index is 13.6. The Labute approximate surface area is 179 Å². The molecular weight excluding hydrogens is 404 g/mol. The van der Waals surface area contributed by atoms with E-state index < -0.39 is 17.8 Å². The molecule has 164 valence electrons. The maximum absolute atomic E-state index is 13.6. The van der Waals surface area contributed by atoms with Gasteiger partial charge in [-0.25, -0.2) is 8.78 Å². The van der Waals surface area contributed by atoms with Crippen LogP contribution in [0.15, 0.2) is 41.7 Å². The molecule has 0 bridgehead atoms. The van der Waals surface area contributed by atoms with Crippen LogP contribution < -0.4 is 10.6 Å². The first-order valence-corrected chi connectivity index (χ1v) is 10.4. The van der Waals surface area contributed by atoms with Crippen LogP contribution in [0.25, 0.3) is 11.4 Å². The summed E-state index contributed by atoms with van der Waals surface area (Å²) in [6.07, 6.45) is 3.55. The zero-order valence-electron chi connectivity index (χ0n) is 17.3. The van der Waals surface area contributed by atoms with Gasteiger partial charge >= 0.3 is 0 Å². The van der Waals surface area contributed by atoms with Crippen LogP contribution in [-0.4, -0.2) is 76.6 Å². The van der Waals surface area contributed by atoms with E-state index in [9.17, 15) is 8.78 Å². The second-order valence-corrected chi connectivity index (χ2v) is 8.13. The molecule has 10 heteroatoms. The number of ether oxygens (including phenoxy) is 1. The van der Waals surface area contributed by atoms with Crippen LogP contribution in [0.2, 0.25) is 0 Å². The number of piperazine rings is 1. The van der Waals surface area contributed by atoms with E-state index in [1.54, 1.807) is 0 Å². The van der Waals surface area contributed by atoms with Gasteiger partial charge in [0, 0.05) is 37.8 Å². The number of aromatic amines is 1. The predicted molar refractivity (Wildman–Crippen MR) is 112 cm³/mol. The summed E-state index contributed by atoms with van der Waals surface area (Å²) in [5, 5.41) is 7.09. The summed E-state index contributed by atoms with van der Waals surface area (Å²) < 4.78 is 32.6. The first-order chi connectivity index (χ1) is 15.0. The number of rotatable bonds is 4. The van der Waals surface area contributed by atoms with Gasteiger partial charge < -0.3 is 15.4 Å². The molecule has 0 aliphatic carbocycles. The molecule has 2 saturated heterocycles. The second-order valence-electron chi connectivity index (χ2n) is 8.13. The Morgan fingerprint density at radius 2 is 1.81 bits per heavy atom. The number of aromatic nitrogens is 3. The van der Waals surface area contributed by atoms with Gasteiger partial charge in [0.05, 0.1) is 19.3 Å². The van der Waals surface area contributed by atoms with E-state index in [1.165, 1.54) is 12.1 Å². The standard InChI is InChI=1S/C21H25F2N7O/c1-13-6-18(24)30(19(7-13)29-4-2-28(3-5-29)17-11-31-12-17)21-25-20(26-27-21)14-8-15(22)10-16(23)9-14/h6-10,17-18H,2-5,11-12,24H2,1H3,(H,25,26,27). The van der Waals surface area contributed by atoms with Crippen LogP contribution in [0.1, 0.15) is 6.92 Å². The van der Waals surface area contributed by atoms with Gasteiger partial charge in [-0.3, -0.25) is 14.9 Å². The van der Waals surface area contributed by atoms with Crippen molar-refractivity contribution in [1.29, 1.82) is 0 Å². The van der Waals surface area contributed by atoms with Crippen molar-refractivity contribution in [2.75, 3.05) is 44.3 Å². The lowest BCUT2D eigenvalue weighted by atomic mass is 10.1. The van der Waals surface area contributed by atoms with Crippen molar-refractivity contribution in [3.63, 3.8) is 0 Å². The molecule has 31 heavy (non-hydrogen) atoms. The van der Waals surface area contributed by atoms with E-state index in [0.29, 0.717) is 12.0 Å². The minimum Gasteiger partial charge on any atom is -0.378 e. The third kappa shape index (κ3) is 3.93. The third-order valence-corrected chi connectivity index (χ3v) is 5.94. The van der Waals surface area contributed by atoms with Gasteiger partial charge in [-0.05, 0) is 36.8 Å². The normalized spacial score (nSPS) is 22.9. The van der Waals surface area contributed by atoms with Crippen LogP contribution in [0.3, 0.4) is 0 Å². The van der Waals surface area contributed by atoms with Crippen molar-refractivity contribution in [2.24, 2.45) is 5.73 Å². The van der Waals surface area contributed by atoms with Crippen molar-refractivity contribution in [3.05, 3.63) is 53.4 Å². The summed E-state index contributed by atoms with van der Waals surface area (Å²) in [6.45, 7) is 7.22. The number of halogens is 2. The summed E-state index contributed by atoms with van der Waals surface area (Å²) in [6, 6.07) is 3.77. The number of allylic oxidation sites excluding steroid dienone is 2. The summed E-state index contributed by atoms with van der Waals surface area (Å²) in [5.41, 5.74) is 7.80. The van der Waals surface area contributed by atoms with Crippen LogP contribution in [0, 0.1) is 11.6 Å². The number of hydrogen-bond donors (Lipinski definition) is 2. The lowest BCUT2D eigenvalue weighted by molar-refractivity contribution is -0.0749. The average Bonchev–Trinajstić information content (AvgIpc) is 3.15. The van der Waals surface area contributed by atoms with Crippen molar-refractivity contribution in [3.8, 4) is 11.4 Å². The number of benzene rings is 1. The zero-order chi connectivity index (χ0) is 21.5. The molecule has 0 spiro atoms. The minimum atomic E-state index is -0.670. The van der Waals surface area contributed by atoms with Gasteiger partial charge in [0.25, 0.3) is 5.95 Å². The molecule has 3 aliphatic heterocycles. The molecule has 0 radical (unpaired) electrons. The quantitative estimate of drug-likeness (QED) is 0.765. The molecular formula is C21H25F2N7O. The fraction of sp³-hybridized carbons (Fsp3) is 0.429. The van der Waals surface area contributed by atoms with E-state index in [-0.39, 0.29) is 11.4 Å². The Balaban J connectivity index is 1.39. The fourth-order valence-electron chi connectivity index (χ4n) is 4.23. The van der Waals surface area contributed by atoms with E-state index in [0.717, 1.165) is 56.9 Å². The van der Waals surface area contributed by atoms with Crippen LogP contribution in [0.4, 0.5) is 14.7 Å². The van der Waals surface area contributed by atoms with Crippen molar-refractivity contribution in [2.45, 2.75) is 19.1 Å². The summed E-state index contributed by atoms with van der Waals surface area (Å²) in [5.74, 6) is 0.221. The molecule has 2 aromatic rings. The number of anilines is 1. The SMILES string of the molecule is CC1=CC(N)N(c2n[nH]c(-c3cc(F)cc(F)c3)n2)C(N2CCN(C3COC3)CC2)=C1. The van der Waals surface area contributed by atoms with Crippen LogP contribution >= 0.6 is 0 Å². The molecule has 3 N–H and O–H groups in total. The Hall–Kier alpha value is -2.82. The third-order valence-electron chi connectivity index (χ3n) is 5.94. The smallest absolute Gasteiger partial charge is 0.252 e. The van der Waals surface area contributed by atoms with Crippen molar-refractivity contribution < 1.29 is 13.5 Å². The maximum Gasteiger partial charge on any atom is 0.252 e. The highest BCUT2D eigenvalue weighted by Gasteiger charge is 2.33. The molecule has 2 fully saturated rings. The van der Waals surface area contributed by atoms with Crippen molar-refractivity contribution >= 4 is 5.95 Å². The highest BCUT2D eigenvalue weighted by molar-refractivity contribution is 5.58. The van der Waals surface area contributed by atoms with Gasteiger partial charge in [-0.15, -0.1) is 5.10 Å². The second kappa shape index (κ2) is 8.03. The van der Waals surface area contributed by atoms with E-state index in [2.05, 4.69) is 31.1 Å². The van der Waals surface area contributed by atoms with Gasteiger partial charge in [0.2, 0.25) is 0 Å². The Morgan fingerprint density at radius 3 is 2.45 bits per heavy atom. The van der Waals surface area contributed by atoms with Gasteiger partial charge in [0.15, 0.2) is 5.82 Å². The Kier molecular flexibility index (Phi) is 5.20. The molecule has 1 atom stereocenters. The first-order valence-electron chi connectivity index (χ1n) is 10.4. The number of nitrogens with zero attached hydrogens (tertiary/aromatic N) is 5. The summed E-state index contributed by atoms with van der Waals surface area (Å²) in [4.78, 5) is 11.1. The minimum absolute atomic E-state index is 0.279. The molecule has 4 heterocycles. The molecule has 1 unspecified atom stereocenters. The van der Waals surface area contributed by atoms with Gasteiger partial charge in [0.1, 0.15) is 23.6 Å². The van der Waals surface area contributed by atoms with Gasteiger partial charge in [-0.1, -0.05) is 0 Å². The summed E-state index contributed by atoms with van der Waals surface area (Å²) >= 11 is 0. The molecule has 0 amide bonds. The topological polar surface area (TPSA) is 86.5 Å². The lowest BCUT2D eigenvalue weighted by Gasteiger charge is -2.46. The molecule has 1 aromatic carbocycles. The highest BCUT2D eigenvalue weighted by atomic mass is 19.1. The zero-order valence-corrected chi connectivity index (χ0v) is 17.3. The molecule has 5 rings (SSSR count). The molecule has 8 nitrogen and oxygen atoms in total. The first kappa shape index (κ1) is 20.1. The largest absolute Gasteiger partial charge is 0.378 e.